The van der Waals surface area contributed by atoms with E-state index >= 15 is 0 Å². The number of carbonyl (C=O) groups excluding carboxylic acids is 1. The first-order valence-corrected chi connectivity index (χ1v) is 9.77. The molecule has 0 aromatic heterocycles. The summed E-state index contributed by atoms with van der Waals surface area (Å²) >= 11 is 6.08. The summed E-state index contributed by atoms with van der Waals surface area (Å²) in [6, 6.07) is 25.5. The number of nitrogens with zero attached hydrogens (tertiary/aromatic N) is 1. The minimum Gasteiger partial charge on any atom is -0.497 e. The molecule has 0 bridgehead atoms. The van der Waals surface area contributed by atoms with Crippen LogP contribution in [0.15, 0.2) is 78.9 Å². The third-order valence-electron chi connectivity index (χ3n) is 5.45. The van der Waals surface area contributed by atoms with Gasteiger partial charge in [-0.05, 0) is 54.1 Å². The highest BCUT2D eigenvalue weighted by Gasteiger charge is 2.38. The predicted molar refractivity (Wildman–Crippen MR) is 114 cm³/mol. The molecule has 1 aliphatic heterocycles. The molecule has 4 heteroatoms. The number of halogens is 1. The maximum atomic E-state index is 13.4. The van der Waals surface area contributed by atoms with Gasteiger partial charge in [-0.15, -0.1) is 0 Å². The fourth-order valence-corrected chi connectivity index (χ4v) is 4.06. The molecule has 1 heterocycles. The first-order chi connectivity index (χ1) is 13.7. The van der Waals surface area contributed by atoms with E-state index in [2.05, 4.69) is 17.0 Å². The average Bonchev–Trinajstić information content (AvgIpc) is 3.20. The highest BCUT2D eigenvalue weighted by atomic mass is 35.5. The van der Waals surface area contributed by atoms with Gasteiger partial charge in [-0.25, -0.2) is 0 Å². The van der Waals surface area contributed by atoms with E-state index in [9.17, 15) is 4.79 Å². The van der Waals surface area contributed by atoms with Crippen molar-refractivity contribution in [2.45, 2.75) is 5.92 Å². The minimum atomic E-state index is -0.116. The van der Waals surface area contributed by atoms with Crippen molar-refractivity contribution < 1.29 is 9.53 Å². The summed E-state index contributed by atoms with van der Waals surface area (Å²) in [7, 11) is 1.63. The number of anilines is 1. The molecule has 142 valence electrons. The van der Waals surface area contributed by atoms with Crippen LogP contribution in [0.4, 0.5) is 5.69 Å². The minimum absolute atomic E-state index is 0.116. The molecule has 3 aromatic rings. The van der Waals surface area contributed by atoms with Crippen molar-refractivity contribution in [3.05, 3.63) is 95.0 Å². The number of ether oxygens (including phenoxy) is 1. The van der Waals surface area contributed by atoms with E-state index < -0.39 is 0 Å². The summed E-state index contributed by atoms with van der Waals surface area (Å²) in [6.45, 7) is 1.50. The van der Waals surface area contributed by atoms with Crippen LogP contribution in [-0.4, -0.2) is 26.0 Å². The maximum absolute atomic E-state index is 13.4. The van der Waals surface area contributed by atoms with Crippen molar-refractivity contribution in [1.82, 2.24) is 0 Å². The lowest BCUT2D eigenvalue weighted by atomic mass is 9.84. The summed E-state index contributed by atoms with van der Waals surface area (Å²) in [5.74, 6) is 0.922. The van der Waals surface area contributed by atoms with Gasteiger partial charge < -0.3 is 9.64 Å². The third-order valence-corrected chi connectivity index (χ3v) is 5.70. The number of hydrogen-bond donors (Lipinski definition) is 0. The maximum Gasteiger partial charge on any atom is 0.168 e. The number of hydrogen-bond acceptors (Lipinski definition) is 3. The zero-order chi connectivity index (χ0) is 19.5. The Labute approximate surface area is 170 Å². The largest absolute Gasteiger partial charge is 0.497 e. The van der Waals surface area contributed by atoms with Crippen LogP contribution in [0.25, 0.3) is 0 Å². The molecule has 1 fully saturated rings. The molecule has 0 aliphatic carbocycles. The van der Waals surface area contributed by atoms with Crippen LogP contribution in [0.5, 0.6) is 5.75 Å². The number of methoxy groups -OCH3 is 1. The average molecular weight is 392 g/mol. The third kappa shape index (κ3) is 3.76. The molecule has 0 saturated carbocycles. The van der Waals surface area contributed by atoms with E-state index in [1.54, 1.807) is 7.11 Å². The molecule has 1 saturated heterocycles. The molecule has 0 unspecified atom stereocenters. The van der Waals surface area contributed by atoms with Gasteiger partial charge in [-0.2, -0.15) is 0 Å². The molecule has 3 nitrogen and oxygen atoms in total. The summed E-state index contributed by atoms with van der Waals surface area (Å²) in [5, 5.41) is 0.708. The van der Waals surface area contributed by atoms with Crippen molar-refractivity contribution in [3.8, 4) is 5.75 Å². The highest BCUT2D eigenvalue weighted by Crippen LogP contribution is 2.37. The molecule has 28 heavy (non-hydrogen) atoms. The van der Waals surface area contributed by atoms with E-state index in [1.165, 1.54) is 0 Å². The molecule has 0 amide bonds. The molecule has 0 radical (unpaired) electrons. The number of benzene rings is 3. The Hall–Kier alpha value is -2.78. The number of carbonyl (C=O) groups is 1. The van der Waals surface area contributed by atoms with Crippen LogP contribution in [0.1, 0.15) is 21.8 Å². The molecule has 0 N–H and O–H groups in total. The molecule has 4 rings (SSSR count). The Morgan fingerprint density at radius 3 is 2.25 bits per heavy atom. The van der Waals surface area contributed by atoms with E-state index in [0.29, 0.717) is 11.6 Å². The van der Waals surface area contributed by atoms with Crippen molar-refractivity contribution >= 4 is 23.1 Å². The zero-order valence-corrected chi connectivity index (χ0v) is 16.5. The summed E-state index contributed by atoms with van der Waals surface area (Å²) in [6.07, 6.45) is 0. The van der Waals surface area contributed by atoms with Crippen LogP contribution in [0.2, 0.25) is 5.02 Å². The summed E-state index contributed by atoms with van der Waals surface area (Å²) < 4.78 is 5.22. The second-order valence-electron chi connectivity index (χ2n) is 7.10. The molecule has 2 atom stereocenters. The van der Waals surface area contributed by atoms with E-state index in [0.717, 1.165) is 29.1 Å². The van der Waals surface area contributed by atoms with Gasteiger partial charge in [0.1, 0.15) is 5.75 Å². The Morgan fingerprint density at radius 2 is 1.61 bits per heavy atom. The van der Waals surface area contributed by atoms with Gasteiger partial charge in [0.25, 0.3) is 0 Å². The highest BCUT2D eigenvalue weighted by molar-refractivity contribution is 6.30. The van der Waals surface area contributed by atoms with Crippen molar-refractivity contribution in [2.75, 3.05) is 25.1 Å². The number of ketones is 1. The Bertz CT molecular complexity index is 939. The lowest BCUT2D eigenvalue weighted by molar-refractivity contribution is 0.0921. The van der Waals surface area contributed by atoms with Gasteiger partial charge in [0.2, 0.25) is 0 Å². The van der Waals surface area contributed by atoms with Crippen molar-refractivity contribution in [2.24, 2.45) is 5.92 Å². The lowest BCUT2D eigenvalue weighted by Crippen LogP contribution is -2.23. The summed E-state index contributed by atoms with van der Waals surface area (Å²) in [5.41, 5.74) is 3.01. The van der Waals surface area contributed by atoms with E-state index in [1.807, 2.05) is 66.7 Å². The van der Waals surface area contributed by atoms with Crippen LogP contribution in [0, 0.1) is 5.92 Å². The lowest BCUT2D eigenvalue weighted by Gasteiger charge is -2.18. The Morgan fingerprint density at radius 1 is 0.929 bits per heavy atom. The van der Waals surface area contributed by atoms with Gasteiger partial charge in [-0.1, -0.05) is 41.9 Å². The fourth-order valence-electron chi connectivity index (χ4n) is 3.94. The Kier molecular flexibility index (Phi) is 5.36. The molecule has 1 aliphatic rings. The second-order valence-corrected chi connectivity index (χ2v) is 7.53. The fraction of sp³-hybridized carbons (Fsp3) is 0.208. The first kappa shape index (κ1) is 18.6. The quantitative estimate of drug-likeness (QED) is 0.541. The first-order valence-electron chi connectivity index (χ1n) is 9.39. The van der Waals surface area contributed by atoms with Gasteiger partial charge in [0.05, 0.1) is 7.11 Å². The van der Waals surface area contributed by atoms with Crippen LogP contribution >= 0.6 is 11.6 Å². The molecule has 0 spiro atoms. The van der Waals surface area contributed by atoms with Gasteiger partial charge >= 0.3 is 0 Å². The predicted octanol–water partition coefficient (Wildman–Crippen LogP) is 5.45. The van der Waals surface area contributed by atoms with Gasteiger partial charge in [0.15, 0.2) is 5.78 Å². The Balaban J connectivity index is 1.66. The summed E-state index contributed by atoms with van der Waals surface area (Å²) in [4.78, 5) is 15.7. The second kappa shape index (κ2) is 8.07. The monoisotopic (exact) mass is 391 g/mol. The number of para-hydroxylation sites is 1. The van der Waals surface area contributed by atoms with Crippen LogP contribution in [0.3, 0.4) is 0 Å². The SMILES string of the molecule is COc1ccc(C(=O)[C@H]2CN(c3ccccc3)C[C@H]2c2ccc(Cl)cc2)cc1. The topological polar surface area (TPSA) is 29.5 Å². The van der Waals surface area contributed by atoms with Gasteiger partial charge in [0, 0.05) is 41.2 Å². The zero-order valence-electron chi connectivity index (χ0n) is 15.7. The van der Waals surface area contributed by atoms with Crippen molar-refractivity contribution in [1.29, 1.82) is 0 Å². The molecular formula is C24H22ClNO2. The van der Waals surface area contributed by atoms with Crippen molar-refractivity contribution in [3.63, 3.8) is 0 Å². The molecular weight excluding hydrogens is 370 g/mol. The standard InChI is InChI=1S/C24H22ClNO2/c1-28-21-13-9-18(10-14-21)24(27)23-16-26(20-5-3-2-4-6-20)15-22(23)17-7-11-19(25)12-8-17/h2-14,22-23H,15-16H2,1H3/t22-,23-/m0/s1. The molecule has 3 aromatic carbocycles. The normalized spacial score (nSPS) is 18.9. The van der Waals surface area contributed by atoms with E-state index in [4.69, 9.17) is 16.3 Å². The smallest absolute Gasteiger partial charge is 0.168 e. The van der Waals surface area contributed by atoms with E-state index in [-0.39, 0.29) is 17.6 Å². The number of rotatable bonds is 5. The number of Topliss-reactive ketones (excluding diaryl/α,β-unsaturated/α-hetero) is 1. The van der Waals surface area contributed by atoms with Gasteiger partial charge in [-0.3, -0.25) is 4.79 Å². The van der Waals surface area contributed by atoms with Crippen LogP contribution < -0.4 is 9.64 Å². The van der Waals surface area contributed by atoms with Crippen LogP contribution in [-0.2, 0) is 0 Å².